The van der Waals surface area contributed by atoms with E-state index in [0.29, 0.717) is 22.8 Å². The first kappa shape index (κ1) is 23.6. The molecule has 0 saturated carbocycles. The number of carbonyl (C=O) groups excluding carboxylic acids is 1. The van der Waals surface area contributed by atoms with Crippen molar-refractivity contribution in [3.8, 4) is 11.4 Å². The van der Waals surface area contributed by atoms with Crippen molar-refractivity contribution in [1.29, 1.82) is 0 Å². The van der Waals surface area contributed by atoms with Gasteiger partial charge in [-0.2, -0.15) is 0 Å². The summed E-state index contributed by atoms with van der Waals surface area (Å²) in [7, 11) is 1.65. The minimum Gasteiger partial charge on any atom is -0.441 e. The number of aromatic nitrogens is 5. The van der Waals surface area contributed by atoms with Gasteiger partial charge in [0.25, 0.3) is 0 Å². The molecule has 9 nitrogen and oxygen atoms in total. The molecule has 1 amide bonds. The van der Waals surface area contributed by atoms with Crippen LogP contribution in [0, 0.1) is 19.7 Å². The minimum absolute atomic E-state index is 0.332. The number of pyridine rings is 1. The lowest BCUT2D eigenvalue weighted by Gasteiger charge is -2.15. The van der Waals surface area contributed by atoms with Crippen LogP contribution in [0.15, 0.2) is 46.8 Å². The lowest BCUT2D eigenvalue weighted by atomic mass is 10.1. The highest BCUT2D eigenvalue weighted by Gasteiger charge is 2.20. The highest BCUT2D eigenvalue weighted by molar-refractivity contribution is 8.02. The van der Waals surface area contributed by atoms with Crippen LogP contribution < -0.4 is 10.0 Å². The van der Waals surface area contributed by atoms with Gasteiger partial charge in [0.05, 0.1) is 28.3 Å². The second-order valence-corrected chi connectivity index (χ2v) is 9.71. The number of benzene rings is 1. The van der Waals surface area contributed by atoms with Crippen molar-refractivity contribution in [3.63, 3.8) is 0 Å². The average Bonchev–Trinajstić information content (AvgIpc) is 3.38. The number of anilines is 2. The van der Waals surface area contributed by atoms with E-state index in [9.17, 15) is 9.18 Å². The molecular formula is C22H22FN7O2S2. The first-order chi connectivity index (χ1) is 16.3. The van der Waals surface area contributed by atoms with E-state index in [1.165, 1.54) is 28.8 Å². The van der Waals surface area contributed by atoms with E-state index < -0.39 is 18.0 Å². The third kappa shape index (κ3) is 5.51. The van der Waals surface area contributed by atoms with E-state index in [0.717, 1.165) is 20.6 Å². The van der Waals surface area contributed by atoms with Gasteiger partial charge in [-0.1, -0.05) is 17.3 Å². The van der Waals surface area contributed by atoms with Crippen LogP contribution >= 0.6 is 23.3 Å². The van der Waals surface area contributed by atoms with Crippen LogP contribution in [0.1, 0.15) is 29.3 Å². The molecule has 4 aromatic rings. The van der Waals surface area contributed by atoms with E-state index >= 15 is 0 Å². The Bertz CT molecular complexity index is 1320. The third-order valence-corrected chi connectivity index (χ3v) is 6.68. The van der Waals surface area contributed by atoms with Crippen LogP contribution in [0.5, 0.6) is 0 Å². The number of nitrogens with one attached hydrogen (secondary N) is 2. The molecule has 0 aliphatic heterocycles. The lowest BCUT2D eigenvalue weighted by molar-refractivity contribution is 0.121. The Balaban J connectivity index is 1.46. The van der Waals surface area contributed by atoms with Gasteiger partial charge in [-0.15, -0.1) is 16.4 Å². The molecule has 0 spiro atoms. The first-order valence-corrected chi connectivity index (χ1v) is 11.9. The molecule has 34 heavy (non-hydrogen) atoms. The number of nitrogens with zero attached hydrogens (tertiary/aromatic N) is 5. The fraction of sp³-hybridized carbons (Fsp3) is 0.227. The molecule has 0 unspecified atom stereocenters. The monoisotopic (exact) mass is 499 g/mol. The molecule has 2 N–H and O–H groups in total. The van der Waals surface area contributed by atoms with Crippen LogP contribution in [0.3, 0.4) is 0 Å². The van der Waals surface area contributed by atoms with Gasteiger partial charge < -0.3 is 9.46 Å². The van der Waals surface area contributed by atoms with Crippen molar-refractivity contribution >= 4 is 40.9 Å². The predicted octanol–water partition coefficient (Wildman–Crippen LogP) is 5.52. The van der Waals surface area contributed by atoms with E-state index in [-0.39, 0.29) is 0 Å². The number of thiazole rings is 1. The molecule has 3 heterocycles. The summed E-state index contributed by atoms with van der Waals surface area (Å²) in [6.45, 7) is 5.50. The Morgan fingerprint density at radius 1 is 1.26 bits per heavy atom. The number of halogens is 1. The standard InChI is InChI=1S/C22H22FN7O2S2/c1-12-17(28-34-19-11-24-14(3)33-19)8-9-18(25-12)20-21(30(4)29-27-20)26-22(31)32-13(2)15-6-5-7-16(23)10-15/h5-11,13,28H,1-4H3,(H,26,31)/t13-/m1/s1. The maximum absolute atomic E-state index is 13.5. The number of hydrogen-bond acceptors (Lipinski definition) is 9. The Morgan fingerprint density at radius 2 is 2.09 bits per heavy atom. The number of aryl methyl sites for hydroxylation is 3. The zero-order valence-electron chi connectivity index (χ0n) is 18.9. The Morgan fingerprint density at radius 3 is 2.79 bits per heavy atom. The van der Waals surface area contributed by atoms with E-state index in [4.69, 9.17) is 4.74 Å². The van der Waals surface area contributed by atoms with E-state index in [1.807, 2.05) is 26.1 Å². The lowest BCUT2D eigenvalue weighted by Crippen LogP contribution is -2.18. The van der Waals surface area contributed by atoms with E-state index in [1.54, 1.807) is 43.5 Å². The molecule has 0 aliphatic carbocycles. The average molecular weight is 500 g/mol. The Labute approximate surface area is 203 Å². The highest BCUT2D eigenvalue weighted by Crippen LogP contribution is 2.30. The minimum atomic E-state index is -0.713. The summed E-state index contributed by atoms with van der Waals surface area (Å²) in [5.41, 5.74) is 3.10. The summed E-state index contributed by atoms with van der Waals surface area (Å²) in [5.74, 6) is -0.0648. The highest BCUT2D eigenvalue weighted by atomic mass is 32.2. The zero-order valence-corrected chi connectivity index (χ0v) is 20.5. The quantitative estimate of drug-likeness (QED) is 0.320. The van der Waals surface area contributed by atoms with Gasteiger partial charge in [0.15, 0.2) is 11.5 Å². The van der Waals surface area contributed by atoms with Crippen LogP contribution in [-0.2, 0) is 11.8 Å². The molecule has 0 radical (unpaired) electrons. The SMILES string of the molecule is Cc1ncc(SNc2ccc(-c3nnn(C)c3NC(=O)O[C@H](C)c3cccc(F)c3)nc2C)s1. The van der Waals surface area contributed by atoms with Gasteiger partial charge in [0.1, 0.15) is 16.1 Å². The molecule has 12 heteroatoms. The van der Waals surface area contributed by atoms with Crippen LogP contribution in [0.4, 0.5) is 20.7 Å². The fourth-order valence-electron chi connectivity index (χ4n) is 3.08. The summed E-state index contributed by atoms with van der Waals surface area (Å²) >= 11 is 3.07. The smallest absolute Gasteiger partial charge is 0.413 e. The van der Waals surface area contributed by atoms with Crippen molar-refractivity contribution in [2.24, 2.45) is 7.05 Å². The van der Waals surface area contributed by atoms with Crippen molar-refractivity contribution in [3.05, 3.63) is 64.7 Å². The maximum Gasteiger partial charge on any atom is 0.413 e. The van der Waals surface area contributed by atoms with Crippen LogP contribution in [-0.4, -0.2) is 31.1 Å². The Hall–Kier alpha value is -3.51. The molecule has 0 bridgehead atoms. The predicted molar refractivity (Wildman–Crippen MR) is 130 cm³/mol. The van der Waals surface area contributed by atoms with Crippen LogP contribution in [0.2, 0.25) is 0 Å². The van der Waals surface area contributed by atoms with Gasteiger partial charge in [-0.25, -0.2) is 23.8 Å². The molecule has 0 saturated heterocycles. The molecule has 4 rings (SSSR count). The van der Waals surface area contributed by atoms with Gasteiger partial charge in [0.2, 0.25) is 0 Å². The van der Waals surface area contributed by atoms with Crippen molar-refractivity contribution in [1.82, 2.24) is 25.0 Å². The number of rotatable bonds is 7. The second-order valence-electron chi connectivity index (χ2n) is 7.37. The molecule has 0 fully saturated rings. The normalized spacial score (nSPS) is 11.8. The zero-order chi connectivity index (χ0) is 24.2. The molecule has 1 atom stereocenters. The summed E-state index contributed by atoms with van der Waals surface area (Å²) in [6, 6.07) is 9.60. The third-order valence-electron chi connectivity index (χ3n) is 4.84. The fourth-order valence-corrected chi connectivity index (χ4v) is 4.77. The summed E-state index contributed by atoms with van der Waals surface area (Å²) < 4.78 is 24.6. The summed E-state index contributed by atoms with van der Waals surface area (Å²) in [4.78, 5) is 21.4. The number of hydrogen-bond donors (Lipinski definition) is 2. The maximum atomic E-state index is 13.5. The largest absolute Gasteiger partial charge is 0.441 e. The van der Waals surface area contributed by atoms with Gasteiger partial charge >= 0.3 is 6.09 Å². The summed E-state index contributed by atoms with van der Waals surface area (Å²) in [6.07, 6.45) is 0.459. The summed E-state index contributed by atoms with van der Waals surface area (Å²) in [5, 5.41) is 11.8. The van der Waals surface area contributed by atoms with Gasteiger partial charge in [0, 0.05) is 7.05 Å². The van der Waals surface area contributed by atoms with Crippen molar-refractivity contribution < 1.29 is 13.9 Å². The topological polar surface area (TPSA) is 107 Å². The van der Waals surface area contributed by atoms with Crippen molar-refractivity contribution in [2.75, 3.05) is 10.0 Å². The number of carbonyl (C=O) groups is 1. The molecule has 1 aromatic carbocycles. The van der Waals surface area contributed by atoms with Gasteiger partial charge in [-0.05, 0) is 62.5 Å². The van der Waals surface area contributed by atoms with Crippen molar-refractivity contribution in [2.45, 2.75) is 31.1 Å². The van der Waals surface area contributed by atoms with E-state index in [2.05, 4.69) is 30.3 Å². The molecule has 176 valence electrons. The number of amides is 1. The van der Waals surface area contributed by atoms with Gasteiger partial charge in [-0.3, -0.25) is 5.32 Å². The molecule has 0 aliphatic rings. The second kappa shape index (κ2) is 10.2. The Kier molecular flexibility index (Phi) is 7.08. The molecular weight excluding hydrogens is 477 g/mol. The van der Waals surface area contributed by atoms with Crippen LogP contribution in [0.25, 0.3) is 11.4 Å². The number of ether oxygens (including phenoxy) is 1. The molecule has 3 aromatic heterocycles. The first-order valence-electron chi connectivity index (χ1n) is 10.3.